The molecule has 3 N–H and O–H groups in total. The number of anilines is 1. The minimum Gasteiger partial charge on any atom is -0.371 e. The first-order chi connectivity index (χ1) is 9.96. The second-order valence-corrected chi connectivity index (χ2v) is 6.75. The largest absolute Gasteiger partial charge is 0.371 e. The zero-order valence-corrected chi connectivity index (χ0v) is 16.3. The van der Waals surface area contributed by atoms with Crippen molar-refractivity contribution in [3.63, 3.8) is 0 Å². The fourth-order valence-electron chi connectivity index (χ4n) is 2.68. The van der Waals surface area contributed by atoms with E-state index in [1.165, 1.54) is 30.5 Å². The van der Waals surface area contributed by atoms with E-state index in [0.717, 1.165) is 13.1 Å². The van der Waals surface area contributed by atoms with Gasteiger partial charge in [0.25, 0.3) is 0 Å². The van der Waals surface area contributed by atoms with Crippen LogP contribution in [0.5, 0.6) is 0 Å². The van der Waals surface area contributed by atoms with E-state index in [1.807, 2.05) is 0 Å². The number of nitrogens with one attached hydrogen (secondary N) is 1. The highest BCUT2D eigenvalue weighted by Gasteiger charge is 2.14. The van der Waals surface area contributed by atoms with Gasteiger partial charge in [-0.15, -0.1) is 24.0 Å². The summed E-state index contributed by atoms with van der Waals surface area (Å²) in [6.45, 7) is 9.17. The van der Waals surface area contributed by atoms with Crippen LogP contribution in [0.15, 0.2) is 29.3 Å². The summed E-state index contributed by atoms with van der Waals surface area (Å²) >= 11 is 0. The van der Waals surface area contributed by atoms with E-state index in [2.05, 4.69) is 60.2 Å². The maximum absolute atomic E-state index is 5.96. The molecule has 1 saturated heterocycles. The third-order valence-electron chi connectivity index (χ3n) is 3.61. The number of guanidine groups is 1. The maximum Gasteiger partial charge on any atom is 0.189 e. The molecule has 0 bridgehead atoms. The molecule has 22 heavy (non-hydrogen) atoms. The van der Waals surface area contributed by atoms with Crippen molar-refractivity contribution in [2.24, 2.45) is 10.7 Å². The summed E-state index contributed by atoms with van der Waals surface area (Å²) in [7, 11) is 0. The number of halogens is 1. The molecule has 0 saturated carbocycles. The van der Waals surface area contributed by atoms with Crippen LogP contribution in [0.1, 0.15) is 45.6 Å². The standard InChI is InChI=1S/C17H28N4.HI/c1-17(2,3)20-16(18)19-13-14-9-5-6-10-15(14)21-11-7-4-8-12-21;/h5-6,9-10H,4,7-8,11-13H2,1-3H3,(H3,18,19,20);1H. The van der Waals surface area contributed by atoms with Crippen LogP contribution in [-0.4, -0.2) is 24.6 Å². The lowest BCUT2D eigenvalue weighted by Crippen LogP contribution is -2.45. The topological polar surface area (TPSA) is 53.6 Å². The number of benzene rings is 1. The maximum atomic E-state index is 5.96. The zero-order chi connectivity index (χ0) is 15.3. The molecule has 1 fully saturated rings. The molecule has 0 atom stereocenters. The molecule has 4 nitrogen and oxygen atoms in total. The Bertz CT molecular complexity index is 488. The highest BCUT2D eigenvalue weighted by atomic mass is 127. The zero-order valence-electron chi connectivity index (χ0n) is 13.9. The molecule has 1 aliphatic heterocycles. The molecule has 0 aliphatic carbocycles. The summed E-state index contributed by atoms with van der Waals surface area (Å²) in [6, 6.07) is 8.53. The molecular weight excluding hydrogens is 387 g/mol. The molecule has 5 heteroatoms. The van der Waals surface area contributed by atoms with Gasteiger partial charge in [0, 0.05) is 24.3 Å². The Kier molecular flexibility index (Phi) is 7.45. The Balaban J connectivity index is 0.00000242. The number of nitrogens with two attached hydrogens (primary N) is 1. The van der Waals surface area contributed by atoms with Crippen molar-refractivity contribution < 1.29 is 0 Å². The SMILES string of the molecule is CC(C)(C)NC(N)=NCc1ccccc1N1CCCCC1.I. The predicted molar refractivity (Wildman–Crippen MR) is 106 cm³/mol. The van der Waals surface area contributed by atoms with E-state index in [9.17, 15) is 0 Å². The van der Waals surface area contributed by atoms with Crippen molar-refractivity contribution in [2.45, 2.75) is 52.1 Å². The summed E-state index contributed by atoms with van der Waals surface area (Å²) in [5, 5.41) is 3.20. The number of aliphatic imine (C=N–C) groups is 1. The van der Waals surface area contributed by atoms with Crippen LogP contribution in [0.25, 0.3) is 0 Å². The summed E-state index contributed by atoms with van der Waals surface area (Å²) in [6.07, 6.45) is 3.91. The normalized spacial score (nSPS) is 16.1. The third-order valence-corrected chi connectivity index (χ3v) is 3.61. The summed E-state index contributed by atoms with van der Waals surface area (Å²) in [4.78, 5) is 6.97. The van der Waals surface area contributed by atoms with E-state index < -0.39 is 0 Å². The highest BCUT2D eigenvalue weighted by molar-refractivity contribution is 14.0. The molecule has 124 valence electrons. The van der Waals surface area contributed by atoms with Gasteiger partial charge in [-0.25, -0.2) is 4.99 Å². The van der Waals surface area contributed by atoms with Gasteiger partial charge in [0.05, 0.1) is 6.54 Å². The number of hydrogen-bond acceptors (Lipinski definition) is 2. The first-order valence-corrected chi connectivity index (χ1v) is 7.87. The Morgan fingerprint density at radius 1 is 1.18 bits per heavy atom. The molecule has 0 amide bonds. The van der Waals surface area contributed by atoms with Crippen molar-refractivity contribution in [1.29, 1.82) is 0 Å². The molecule has 0 spiro atoms. The molecule has 1 aromatic carbocycles. The van der Waals surface area contributed by atoms with Gasteiger partial charge in [-0.3, -0.25) is 0 Å². The molecule has 0 aromatic heterocycles. The number of nitrogens with zero attached hydrogens (tertiary/aromatic N) is 2. The third kappa shape index (κ3) is 6.02. The lowest BCUT2D eigenvalue weighted by atomic mass is 10.1. The second-order valence-electron chi connectivity index (χ2n) is 6.75. The Labute approximate surface area is 151 Å². The quantitative estimate of drug-likeness (QED) is 0.451. The average Bonchev–Trinajstić information content (AvgIpc) is 2.45. The van der Waals surface area contributed by atoms with Crippen LogP contribution >= 0.6 is 24.0 Å². The van der Waals surface area contributed by atoms with Crippen molar-refractivity contribution in [3.8, 4) is 0 Å². The van der Waals surface area contributed by atoms with Crippen molar-refractivity contribution in [2.75, 3.05) is 18.0 Å². The Morgan fingerprint density at radius 2 is 1.82 bits per heavy atom. The van der Waals surface area contributed by atoms with E-state index in [0.29, 0.717) is 12.5 Å². The smallest absolute Gasteiger partial charge is 0.189 e. The van der Waals surface area contributed by atoms with Crippen molar-refractivity contribution in [1.82, 2.24) is 5.32 Å². The van der Waals surface area contributed by atoms with Gasteiger partial charge in [-0.05, 0) is 51.7 Å². The van der Waals surface area contributed by atoms with Crippen LogP contribution in [0, 0.1) is 0 Å². The molecule has 1 heterocycles. The van der Waals surface area contributed by atoms with Gasteiger partial charge in [-0.1, -0.05) is 18.2 Å². The fraction of sp³-hybridized carbons (Fsp3) is 0.588. The second kappa shape index (κ2) is 8.60. The van der Waals surface area contributed by atoms with Gasteiger partial charge >= 0.3 is 0 Å². The number of para-hydroxylation sites is 1. The number of rotatable bonds is 3. The first kappa shape index (κ1) is 19.1. The molecule has 0 unspecified atom stereocenters. The van der Waals surface area contributed by atoms with Crippen LogP contribution in [0.4, 0.5) is 5.69 Å². The molecule has 2 rings (SSSR count). The van der Waals surface area contributed by atoms with Gasteiger partial charge in [-0.2, -0.15) is 0 Å². The minimum atomic E-state index is -0.0556. The number of piperidine rings is 1. The summed E-state index contributed by atoms with van der Waals surface area (Å²) < 4.78 is 0. The van der Waals surface area contributed by atoms with Crippen LogP contribution in [0.3, 0.4) is 0 Å². The van der Waals surface area contributed by atoms with Crippen LogP contribution in [0.2, 0.25) is 0 Å². The van der Waals surface area contributed by atoms with Gasteiger partial charge in [0.1, 0.15) is 0 Å². The monoisotopic (exact) mass is 416 g/mol. The molecule has 1 aromatic rings. The number of hydrogen-bond donors (Lipinski definition) is 2. The summed E-state index contributed by atoms with van der Waals surface area (Å²) in [5.41, 5.74) is 8.46. The lowest BCUT2D eigenvalue weighted by molar-refractivity contribution is 0.508. The van der Waals surface area contributed by atoms with Gasteiger partial charge in [0.2, 0.25) is 0 Å². The Morgan fingerprint density at radius 3 is 2.45 bits per heavy atom. The molecule has 1 aliphatic rings. The summed E-state index contributed by atoms with van der Waals surface area (Å²) in [5.74, 6) is 0.510. The Hall–Kier alpha value is -0.980. The first-order valence-electron chi connectivity index (χ1n) is 7.87. The van der Waals surface area contributed by atoms with Crippen molar-refractivity contribution >= 4 is 35.6 Å². The van der Waals surface area contributed by atoms with Crippen molar-refractivity contribution in [3.05, 3.63) is 29.8 Å². The van der Waals surface area contributed by atoms with E-state index in [-0.39, 0.29) is 29.5 Å². The fourth-order valence-corrected chi connectivity index (χ4v) is 2.68. The van der Waals surface area contributed by atoms with Gasteiger partial charge in [0.15, 0.2) is 5.96 Å². The highest BCUT2D eigenvalue weighted by Crippen LogP contribution is 2.24. The van der Waals surface area contributed by atoms with Gasteiger partial charge < -0.3 is 16.0 Å². The minimum absolute atomic E-state index is 0. The predicted octanol–water partition coefficient (Wildman–Crippen LogP) is 3.50. The van der Waals surface area contributed by atoms with E-state index in [4.69, 9.17) is 5.73 Å². The average molecular weight is 416 g/mol. The van der Waals surface area contributed by atoms with E-state index in [1.54, 1.807) is 0 Å². The van der Waals surface area contributed by atoms with E-state index >= 15 is 0 Å². The van der Waals surface area contributed by atoms with Crippen LogP contribution in [-0.2, 0) is 6.54 Å². The molecule has 0 radical (unpaired) electrons. The molecular formula is C17H29IN4. The van der Waals surface area contributed by atoms with Crippen LogP contribution < -0.4 is 16.0 Å². The lowest BCUT2D eigenvalue weighted by Gasteiger charge is -2.30.